The molecule has 1 saturated heterocycles. The van der Waals surface area contributed by atoms with Gasteiger partial charge in [0.15, 0.2) is 5.96 Å². The summed E-state index contributed by atoms with van der Waals surface area (Å²) in [5, 5.41) is 3.18. The first-order valence-electron chi connectivity index (χ1n) is 8.42. The van der Waals surface area contributed by atoms with Gasteiger partial charge in [-0.15, -0.1) is 0 Å². The smallest absolute Gasteiger partial charge is 0.193 e. The number of nitrogens with two attached hydrogens (primary N) is 1. The Hall–Kier alpha value is -1.55. The van der Waals surface area contributed by atoms with E-state index in [-0.39, 0.29) is 0 Å². The van der Waals surface area contributed by atoms with Crippen LogP contribution in [-0.4, -0.2) is 36.5 Å². The Morgan fingerprint density at radius 2 is 1.86 bits per heavy atom. The predicted molar refractivity (Wildman–Crippen MR) is 95.3 cm³/mol. The average molecular weight is 302 g/mol. The van der Waals surface area contributed by atoms with Gasteiger partial charge in [0.05, 0.1) is 6.54 Å². The van der Waals surface area contributed by atoms with Crippen molar-refractivity contribution < 1.29 is 0 Å². The molecule has 0 bridgehead atoms. The minimum Gasteiger partial charge on any atom is -0.370 e. The molecule has 1 fully saturated rings. The van der Waals surface area contributed by atoms with Crippen LogP contribution in [-0.2, 0) is 0 Å². The number of rotatable bonds is 6. The van der Waals surface area contributed by atoms with Crippen LogP contribution in [0.3, 0.4) is 0 Å². The van der Waals surface area contributed by atoms with Crippen LogP contribution < -0.4 is 11.1 Å². The molecule has 122 valence electrons. The summed E-state index contributed by atoms with van der Waals surface area (Å²) in [5.74, 6) is 1.20. The SMILES string of the molecule is Cc1ccc(NC(N)=NCC(CC(C)C)N2CCCC2)cc1. The van der Waals surface area contributed by atoms with E-state index in [4.69, 9.17) is 5.73 Å². The highest BCUT2D eigenvalue weighted by molar-refractivity contribution is 5.92. The van der Waals surface area contributed by atoms with Crippen molar-refractivity contribution in [3.05, 3.63) is 29.8 Å². The van der Waals surface area contributed by atoms with Gasteiger partial charge in [-0.2, -0.15) is 0 Å². The molecule has 0 spiro atoms. The van der Waals surface area contributed by atoms with E-state index in [0.717, 1.165) is 12.2 Å². The summed E-state index contributed by atoms with van der Waals surface area (Å²) in [6.07, 6.45) is 3.81. The van der Waals surface area contributed by atoms with E-state index in [1.807, 2.05) is 12.1 Å². The van der Waals surface area contributed by atoms with Crippen LogP contribution in [0.25, 0.3) is 0 Å². The molecule has 1 aliphatic heterocycles. The number of aryl methyl sites for hydroxylation is 1. The molecule has 4 heteroatoms. The van der Waals surface area contributed by atoms with Crippen LogP contribution in [0, 0.1) is 12.8 Å². The maximum absolute atomic E-state index is 6.04. The van der Waals surface area contributed by atoms with Gasteiger partial charge in [0, 0.05) is 11.7 Å². The minimum atomic E-state index is 0.511. The molecule has 2 rings (SSSR count). The number of anilines is 1. The Labute approximate surface area is 134 Å². The topological polar surface area (TPSA) is 53.6 Å². The minimum absolute atomic E-state index is 0.511. The maximum atomic E-state index is 6.04. The second kappa shape index (κ2) is 8.18. The second-order valence-corrected chi connectivity index (χ2v) is 6.74. The van der Waals surface area contributed by atoms with E-state index in [0.29, 0.717) is 17.9 Å². The van der Waals surface area contributed by atoms with Crippen molar-refractivity contribution >= 4 is 11.6 Å². The quantitative estimate of drug-likeness (QED) is 0.626. The Balaban J connectivity index is 1.92. The van der Waals surface area contributed by atoms with Gasteiger partial charge in [0.1, 0.15) is 0 Å². The fourth-order valence-corrected chi connectivity index (χ4v) is 3.02. The zero-order chi connectivity index (χ0) is 15.9. The summed E-state index contributed by atoms with van der Waals surface area (Å²) in [6, 6.07) is 8.72. The Kier molecular flexibility index (Phi) is 6.25. The van der Waals surface area contributed by atoms with Crippen molar-refractivity contribution in [2.75, 3.05) is 25.0 Å². The molecule has 0 aromatic heterocycles. The lowest BCUT2D eigenvalue weighted by Gasteiger charge is -2.27. The molecule has 0 saturated carbocycles. The fourth-order valence-electron chi connectivity index (χ4n) is 3.02. The molecule has 1 aromatic rings. The number of aliphatic imine (C=N–C) groups is 1. The van der Waals surface area contributed by atoms with E-state index < -0.39 is 0 Å². The zero-order valence-electron chi connectivity index (χ0n) is 14.2. The lowest BCUT2D eigenvalue weighted by atomic mass is 10.0. The number of benzene rings is 1. The van der Waals surface area contributed by atoms with E-state index in [2.05, 4.69) is 48.1 Å². The van der Waals surface area contributed by atoms with Gasteiger partial charge in [-0.05, 0) is 57.3 Å². The first kappa shape index (κ1) is 16.8. The third-order valence-electron chi connectivity index (χ3n) is 4.20. The first-order valence-corrected chi connectivity index (χ1v) is 8.42. The van der Waals surface area contributed by atoms with Crippen molar-refractivity contribution in [2.24, 2.45) is 16.6 Å². The molecule has 0 amide bonds. The van der Waals surface area contributed by atoms with Crippen molar-refractivity contribution in [3.8, 4) is 0 Å². The molecule has 1 unspecified atom stereocenters. The summed E-state index contributed by atoms with van der Waals surface area (Å²) < 4.78 is 0. The van der Waals surface area contributed by atoms with Gasteiger partial charge in [-0.1, -0.05) is 31.5 Å². The molecule has 3 N–H and O–H groups in total. The molecular weight excluding hydrogens is 272 g/mol. The fraction of sp³-hybridized carbons (Fsp3) is 0.611. The van der Waals surface area contributed by atoms with Gasteiger partial charge in [-0.3, -0.25) is 9.89 Å². The number of hydrogen-bond donors (Lipinski definition) is 2. The van der Waals surface area contributed by atoms with Gasteiger partial charge in [-0.25, -0.2) is 0 Å². The van der Waals surface area contributed by atoms with Gasteiger partial charge >= 0.3 is 0 Å². The zero-order valence-corrected chi connectivity index (χ0v) is 14.2. The summed E-state index contributed by atoms with van der Waals surface area (Å²) >= 11 is 0. The highest BCUT2D eigenvalue weighted by Crippen LogP contribution is 2.18. The van der Waals surface area contributed by atoms with Crippen LogP contribution in [0.5, 0.6) is 0 Å². The van der Waals surface area contributed by atoms with Gasteiger partial charge in [0.2, 0.25) is 0 Å². The monoisotopic (exact) mass is 302 g/mol. The highest BCUT2D eigenvalue weighted by atomic mass is 15.2. The lowest BCUT2D eigenvalue weighted by Crippen LogP contribution is -2.37. The number of likely N-dealkylation sites (tertiary alicyclic amines) is 1. The third-order valence-corrected chi connectivity index (χ3v) is 4.20. The maximum Gasteiger partial charge on any atom is 0.193 e. The van der Waals surface area contributed by atoms with Crippen LogP contribution in [0.2, 0.25) is 0 Å². The summed E-state index contributed by atoms with van der Waals surface area (Å²) in [5.41, 5.74) is 8.28. The summed E-state index contributed by atoms with van der Waals surface area (Å²) in [7, 11) is 0. The number of nitrogens with one attached hydrogen (secondary N) is 1. The van der Waals surface area contributed by atoms with E-state index in [1.165, 1.54) is 37.9 Å². The van der Waals surface area contributed by atoms with E-state index >= 15 is 0 Å². The highest BCUT2D eigenvalue weighted by Gasteiger charge is 2.22. The lowest BCUT2D eigenvalue weighted by molar-refractivity contribution is 0.218. The third kappa shape index (κ3) is 5.34. The summed E-state index contributed by atoms with van der Waals surface area (Å²) in [6.45, 7) is 9.83. The number of guanidine groups is 1. The number of hydrogen-bond acceptors (Lipinski definition) is 2. The van der Waals surface area contributed by atoms with Gasteiger partial charge in [0.25, 0.3) is 0 Å². The molecule has 4 nitrogen and oxygen atoms in total. The molecule has 1 heterocycles. The van der Waals surface area contributed by atoms with Gasteiger partial charge < -0.3 is 11.1 Å². The standard InChI is InChI=1S/C18H30N4/c1-14(2)12-17(22-10-4-5-11-22)13-20-18(19)21-16-8-6-15(3)7-9-16/h6-9,14,17H,4-5,10-13H2,1-3H3,(H3,19,20,21). The molecular formula is C18H30N4. The normalized spacial score (nSPS) is 17.9. The average Bonchev–Trinajstić information content (AvgIpc) is 2.99. The van der Waals surface area contributed by atoms with E-state index in [9.17, 15) is 0 Å². The Morgan fingerprint density at radius 3 is 2.45 bits per heavy atom. The van der Waals surface area contributed by atoms with Crippen LogP contribution in [0.4, 0.5) is 5.69 Å². The van der Waals surface area contributed by atoms with Crippen LogP contribution in [0.15, 0.2) is 29.3 Å². The predicted octanol–water partition coefficient (Wildman–Crippen LogP) is 3.23. The van der Waals surface area contributed by atoms with Crippen LogP contribution >= 0.6 is 0 Å². The van der Waals surface area contributed by atoms with Crippen molar-refractivity contribution in [1.82, 2.24) is 4.90 Å². The molecule has 0 aliphatic carbocycles. The van der Waals surface area contributed by atoms with Crippen molar-refractivity contribution in [3.63, 3.8) is 0 Å². The largest absolute Gasteiger partial charge is 0.370 e. The molecule has 1 aliphatic rings. The van der Waals surface area contributed by atoms with Crippen molar-refractivity contribution in [1.29, 1.82) is 0 Å². The summed E-state index contributed by atoms with van der Waals surface area (Å²) in [4.78, 5) is 7.15. The molecule has 22 heavy (non-hydrogen) atoms. The van der Waals surface area contributed by atoms with Crippen LogP contribution in [0.1, 0.15) is 38.7 Å². The molecule has 0 radical (unpaired) electrons. The molecule has 1 atom stereocenters. The molecule has 1 aromatic carbocycles. The van der Waals surface area contributed by atoms with E-state index in [1.54, 1.807) is 0 Å². The Bertz CT molecular complexity index is 472. The number of nitrogens with zero attached hydrogens (tertiary/aromatic N) is 2. The first-order chi connectivity index (χ1) is 10.5. The second-order valence-electron chi connectivity index (χ2n) is 6.74. The Morgan fingerprint density at radius 1 is 1.23 bits per heavy atom. The van der Waals surface area contributed by atoms with Crippen molar-refractivity contribution in [2.45, 2.75) is 46.1 Å².